The molecule has 0 aliphatic rings. The van der Waals surface area contributed by atoms with Gasteiger partial charge in [0.25, 0.3) is 0 Å². The molecule has 216 valence electrons. The van der Waals surface area contributed by atoms with Crippen molar-refractivity contribution in [1.82, 2.24) is 4.90 Å². The van der Waals surface area contributed by atoms with Crippen LogP contribution in [0.3, 0.4) is 0 Å². The van der Waals surface area contributed by atoms with Gasteiger partial charge < -0.3 is 23.7 Å². The lowest BCUT2D eigenvalue weighted by molar-refractivity contribution is -0.162. The number of ether oxygens (including phenoxy) is 5. The lowest BCUT2D eigenvalue weighted by Gasteiger charge is -2.42. The van der Waals surface area contributed by atoms with Crippen LogP contribution in [0.5, 0.6) is 0 Å². The predicted molar refractivity (Wildman–Crippen MR) is 143 cm³/mol. The highest BCUT2D eigenvalue weighted by molar-refractivity contribution is 5.88. The summed E-state index contributed by atoms with van der Waals surface area (Å²) in [6, 6.07) is 0. The minimum atomic E-state index is -1.52. The highest BCUT2D eigenvalue weighted by atomic mass is 16.6. The second kappa shape index (κ2) is 16.8. The van der Waals surface area contributed by atoms with E-state index in [9.17, 15) is 24.0 Å². The molecule has 0 unspecified atom stereocenters. The number of rotatable bonds is 18. The van der Waals surface area contributed by atoms with Gasteiger partial charge in [0, 0.05) is 41.0 Å². The van der Waals surface area contributed by atoms with Crippen LogP contribution in [0.25, 0.3) is 0 Å². The minimum Gasteiger partial charge on any atom is -0.461 e. The summed E-state index contributed by atoms with van der Waals surface area (Å²) in [6.45, 7) is 23.2. The highest BCUT2D eigenvalue weighted by Gasteiger charge is 2.42. The molecule has 0 fully saturated rings. The average molecular weight is 550 g/mol. The van der Waals surface area contributed by atoms with Crippen LogP contribution in [0.4, 0.5) is 0 Å². The average Bonchev–Trinajstić information content (AvgIpc) is 2.86. The molecule has 0 radical (unpaired) electrons. The molecule has 0 aromatic carbocycles. The van der Waals surface area contributed by atoms with Crippen LogP contribution in [0.1, 0.15) is 34.6 Å². The van der Waals surface area contributed by atoms with Crippen molar-refractivity contribution in [2.24, 2.45) is 0 Å². The number of carbonyl (C=O) groups is 5. The van der Waals surface area contributed by atoms with Crippen molar-refractivity contribution in [3.8, 4) is 0 Å². The molecule has 0 rings (SSSR count). The Balaban J connectivity index is 6.48. The van der Waals surface area contributed by atoms with Gasteiger partial charge in [-0.05, 0) is 34.6 Å². The second-order valence-electron chi connectivity index (χ2n) is 9.11. The summed E-state index contributed by atoms with van der Waals surface area (Å²) in [7, 11) is 0. The fraction of sp³-hybridized carbons (Fsp3) is 0.464. The van der Waals surface area contributed by atoms with Gasteiger partial charge in [0.1, 0.15) is 38.6 Å². The van der Waals surface area contributed by atoms with Crippen LogP contribution in [0, 0.1) is 0 Å². The van der Waals surface area contributed by atoms with Gasteiger partial charge in [-0.2, -0.15) is 0 Å². The Morgan fingerprint density at radius 2 is 0.718 bits per heavy atom. The summed E-state index contributed by atoms with van der Waals surface area (Å²) in [5.41, 5.74) is -0.891. The van der Waals surface area contributed by atoms with Gasteiger partial charge in [-0.1, -0.05) is 32.9 Å². The third-order valence-electron chi connectivity index (χ3n) is 5.02. The first-order chi connectivity index (χ1) is 18.0. The van der Waals surface area contributed by atoms with Gasteiger partial charge >= 0.3 is 29.8 Å². The van der Waals surface area contributed by atoms with Crippen LogP contribution in [0.2, 0.25) is 0 Å². The third kappa shape index (κ3) is 12.9. The van der Waals surface area contributed by atoms with Gasteiger partial charge in [-0.15, -0.1) is 0 Å². The number of hydrogen-bond acceptors (Lipinski definition) is 11. The first kappa shape index (κ1) is 35.0. The van der Waals surface area contributed by atoms with E-state index in [0.717, 1.165) is 0 Å². The third-order valence-corrected chi connectivity index (χ3v) is 5.02. The fourth-order valence-electron chi connectivity index (χ4n) is 2.70. The topological polar surface area (TPSA) is 135 Å². The molecule has 39 heavy (non-hydrogen) atoms. The van der Waals surface area contributed by atoms with E-state index in [2.05, 4.69) is 32.9 Å². The standard InChI is InChI=1S/C28H39NO10/c1-18(2)23(30)35-13-11-29(12-14-36-24(31)19(3)4)28(15-37-25(32)20(5)6,16-38-26(33)21(7)8)17-39-27(34)22(9)10/h1,3,5,7,9,11-17H2,2,4,6,8,10H3. The van der Waals surface area contributed by atoms with Crippen molar-refractivity contribution in [3.05, 3.63) is 60.8 Å². The lowest BCUT2D eigenvalue weighted by atomic mass is 9.99. The van der Waals surface area contributed by atoms with Gasteiger partial charge in [0.15, 0.2) is 0 Å². The molecule has 0 heterocycles. The molecular formula is C28H39NO10. The summed E-state index contributed by atoms with van der Waals surface area (Å²) < 4.78 is 26.7. The molecule has 0 aromatic heterocycles. The molecule has 0 spiro atoms. The van der Waals surface area contributed by atoms with E-state index in [1.807, 2.05) is 0 Å². The Kier molecular flexibility index (Phi) is 15.1. The maximum atomic E-state index is 12.3. The first-order valence-corrected chi connectivity index (χ1v) is 11.9. The maximum Gasteiger partial charge on any atom is 0.333 e. The summed E-state index contributed by atoms with van der Waals surface area (Å²) in [5, 5.41) is 0. The van der Waals surface area contributed by atoms with Crippen LogP contribution in [0.15, 0.2) is 60.8 Å². The lowest BCUT2D eigenvalue weighted by Crippen LogP contribution is -2.61. The van der Waals surface area contributed by atoms with Crippen molar-refractivity contribution < 1.29 is 47.7 Å². The Hall–Kier alpha value is -3.99. The molecule has 0 aliphatic carbocycles. The Morgan fingerprint density at radius 1 is 0.487 bits per heavy atom. The zero-order valence-electron chi connectivity index (χ0n) is 23.5. The maximum absolute atomic E-state index is 12.3. The van der Waals surface area contributed by atoms with E-state index >= 15 is 0 Å². The molecular weight excluding hydrogens is 510 g/mol. The van der Waals surface area contributed by atoms with Crippen molar-refractivity contribution in [3.63, 3.8) is 0 Å². The number of carbonyl (C=O) groups excluding carboxylic acids is 5. The van der Waals surface area contributed by atoms with Gasteiger partial charge in [-0.3, -0.25) is 4.90 Å². The second-order valence-corrected chi connectivity index (χ2v) is 9.11. The summed E-state index contributed by atoms with van der Waals surface area (Å²) in [5.74, 6) is -3.55. The Labute approximate surface area is 229 Å². The van der Waals surface area contributed by atoms with Crippen molar-refractivity contribution in [2.45, 2.75) is 40.2 Å². The molecule has 11 heteroatoms. The van der Waals surface area contributed by atoms with E-state index in [0.29, 0.717) is 0 Å². The van der Waals surface area contributed by atoms with E-state index in [1.54, 1.807) is 4.90 Å². The molecule has 0 amide bonds. The SMILES string of the molecule is C=C(C)C(=O)OCCN(CCOC(=O)C(=C)C)C(COC(=O)C(=C)C)(COC(=O)C(=C)C)COC(=O)C(=C)C. The molecule has 11 nitrogen and oxygen atoms in total. The molecule has 0 aromatic rings. The predicted octanol–water partition coefficient (Wildman–Crippen LogP) is 2.62. The molecule has 0 saturated carbocycles. The Bertz CT molecular complexity index is 917. The summed E-state index contributed by atoms with van der Waals surface area (Å²) >= 11 is 0. The van der Waals surface area contributed by atoms with Crippen LogP contribution >= 0.6 is 0 Å². The van der Waals surface area contributed by atoms with Crippen molar-refractivity contribution in [1.29, 1.82) is 0 Å². The van der Waals surface area contributed by atoms with Crippen LogP contribution in [-0.4, -0.2) is 86.4 Å². The summed E-state index contributed by atoms with van der Waals surface area (Å²) in [6.07, 6.45) is 0. The minimum absolute atomic E-state index is 0.0382. The van der Waals surface area contributed by atoms with E-state index < -0.39 is 55.2 Å². The van der Waals surface area contributed by atoms with Crippen LogP contribution in [-0.2, 0) is 47.7 Å². The highest BCUT2D eigenvalue weighted by Crippen LogP contribution is 2.21. The first-order valence-electron chi connectivity index (χ1n) is 11.9. The Morgan fingerprint density at radius 3 is 0.949 bits per heavy atom. The fourth-order valence-corrected chi connectivity index (χ4v) is 2.70. The molecule has 0 atom stereocenters. The van der Waals surface area contributed by atoms with Gasteiger partial charge in [0.2, 0.25) is 0 Å². The smallest absolute Gasteiger partial charge is 0.333 e. The van der Waals surface area contributed by atoms with Gasteiger partial charge in [0.05, 0.1) is 0 Å². The zero-order valence-corrected chi connectivity index (χ0v) is 23.5. The quantitative estimate of drug-likeness (QED) is 0.142. The normalized spacial score (nSPS) is 10.6. The monoisotopic (exact) mass is 549 g/mol. The zero-order chi connectivity index (χ0) is 30.3. The number of hydrogen-bond donors (Lipinski definition) is 0. The van der Waals surface area contributed by atoms with Gasteiger partial charge in [-0.25, -0.2) is 24.0 Å². The van der Waals surface area contributed by atoms with Crippen molar-refractivity contribution >= 4 is 29.8 Å². The largest absolute Gasteiger partial charge is 0.461 e. The molecule has 0 bridgehead atoms. The van der Waals surface area contributed by atoms with E-state index in [-0.39, 0.29) is 54.2 Å². The molecule has 0 saturated heterocycles. The molecule has 0 N–H and O–H groups in total. The van der Waals surface area contributed by atoms with Crippen molar-refractivity contribution in [2.75, 3.05) is 46.1 Å². The van der Waals surface area contributed by atoms with E-state index in [1.165, 1.54) is 34.6 Å². The summed E-state index contributed by atoms with van der Waals surface area (Å²) in [4.78, 5) is 62.5. The number of nitrogens with zero attached hydrogens (tertiary/aromatic N) is 1. The van der Waals surface area contributed by atoms with Crippen LogP contribution < -0.4 is 0 Å². The molecule has 0 aliphatic heterocycles. The van der Waals surface area contributed by atoms with E-state index in [4.69, 9.17) is 23.7 Å². The number of esters is 5.